The molecule has 4 aromatic rings. The highest BCUT2D eigenvalue weighted by atomic mass is 32.1. The van der Waals surface area contributed by atoms with E-state index in [-0.39, 0.29) is 17.3 Å². The molecule has 1 amide bonds. The number of amides is 1. The van der Waals surface area contributed by atoms with Crippen LogP contribution in [0.15, 0.2) is 64.5 Å². The van der Waals surface area contributed by atoms with Gasteiger partial charge in [0.15, 0.2) is 0 Å². The molecule has 2 aromatic carbocycles. The number of fused-ring (bicyclic) bond motifs is 2. The third-order valence-electron chi connectivity index (χ3n) is 6.74. The number of aromatic hydroxyl groups is 1. The number of carbonyl (C=O) groups excluding carboxylic acids is 1. The van der Waals surface area contributed by atoms with Gasteiger partial charge in [-0.25, -0.2) is 9.99 Å². The highest BCUT2D eigenvalue weighted by Crippen LogP contribution is 2.33. The predicted molar refractivity (Wildman–Crippen MR) is 141 cm³/mol. The van der Waals surface area contributed by atoms with Crippen LogP contribution in [0.1, 0.15) is 51.0 Å². The Labute approximate surface area is 207 Å². The average Bonchev–Trinajstić information content (AvgIpc) is 3.30. The van der Waals surface area contributed by atoms with Crippen molar-refractivity contribution in [3.63, 3.8) is 0 Å². The molecule has 5 rings (SSSR count). The van der Waals surface area contributed by atoms with E-state index in [0.29, 0.717) is 32.8 Å². The SMILES string of the molecule is CCC1CCc2sc(C(=O)N/N=C/c3c(O)n(-c4ccc(C)cc4)c(=O)c4ccccc34)cc2C1. The second kappa shape index (κ2) is 9.50. The lowest BCUT2D eigenvalue weighted by molar-refractivity contribution is 0.0959. The van der Waals surface area contributed by atoms with Gasteiger partial charge in [-0.2, -0.15) is 5.10 Å². The van der Waals surface area contributed by atoms with Gasteiger partial charge in [0, 0.05) is 15.6 Å². The van der Waals surface area contributed by atoms with Crippen molar-refractivity contribution in [1.29, 1.82) is 0 Å². The molecule has 2 heterocycles. The molecule has 2 N–H and O–H groups in total. The molecule has 0 spiro atoms. The normalized spacial score (nSPS) is 15.4. The molecule has 35 heavy (non-hydrogen) atoms. The van der Waals surface area contributed by atoms with Gasteiger partial charge in [-0.15, -0.1) is 11.3 Å². The number of benzene rings is 2. The largest absolute Gasteiger partial charge is 0.494 e. The fourth-order valence-corrected chi connectivity index (χ4v) is 5.79. The molecular formula is C28H27N3O3S. The van der Waals surface area contributed by atoms with Crippen molar-refractivity contribution in [2.45, 2.75) is 39.5 Å². The van der Waals surface area contributed by atoms with E-state index in [4.69, 9.17) is 0 Å². The van der Waals surface area contributed by atoms with Crippen molar-refractivity contribution >= 4 is 34.2 Å². The summed E-state index contributed by atoms with van der Waals surface area (Å²) in [5.74, 6) is 0.184. The molecule has 178 valence electrons. The summed E-state index contributed by atoms with van der Waals surface area (Å²) < 4.78 is 1.27. The molecule has 7 heteroatoms. The first kappa shape index (κ1) is 23.1. The summed E-state index contributed by atoms with van der Waals surface area (Å²) in [5, 5.41) is 16.3. The quantitative estimate of drug-likeness (QED) is 0.295. The molecule has 1 aliphatic carbocycles. The van der Waals surface area contributed by atoms with Crippen molar-refractivity contribution in [2.24, 2.45) is 11.0 Å². The molecule has 0 fully saturated rings. The fraction of sp³-hybridized carbons (Fsp3) is 0.250. The van der Waals surface area contributed by atoms with E-state index in [1.165, 1.54) is 39.0 Å². The summed E-state index contributed by atoms with van der Waals surface area (Å²) in [6.45, 7) is 4.17. The molecule has 0 saturated carbocycles. The van der Waals surface area contributed by atoms with E-state index in [2.05, 4.69) is 17.5 Å². The van der Waals surface area contributed by atoms with Crippen LogP contribution in [0.25, 0.3) is 16.5 Å². The summed E-state index contributed by atoms with van der Waals surface area (Å²) in [4.78, 5) is 27.9. The maximum absolute atomic E-state index is 13.2. The molecule has 0 saturated heterocycles. The van der Waals surface area contributed by atoms with Crippen molar-refractivity contribution in [3.05, 3.63) is 91.4 Å². The number of aromatic nitrogens is 1. The van der Waals surface area contributed by atoms with E-state index in [1.54, 1.807) is 36.4 Å². The highest BCUT2D eigenvalue weighted by molar-refractivity contribution is 7.14. The lowest BCUT2D eigenvalue weighted by atomic mass is 9.87. The van der Waals surface area contributed by atoms with E-state index in [9.17, 15) is 14.7 Å². The number of hydrogen-bond acceptors (Lipinski definition) is 5. The van der Waals surface area contributed by atoms with Gasteiger partial charge in [0.2, 0.25) is 5.88 Å². The standard InChI is InChI=1S/C28H27N3O3S/c1-3-18-10-13-24-19(14-18)15-25(35-24)26(32)30-29-16-23-21-6-4-5-7-22(21)27(33)31(28(23)34)20-11-8-17(2)9-12-20/h4-9,11-12,15-16,18,34H,3,10,13-14H2,1-2H3,(H,30,32)/b29-16+. The lowest BCUT2D eigenvalue weighted by Gasteiger charge is -2.19. The van der Waals surface area contributed by atoms with Crippen LogP contribution in [-0.2, 0) is 12.8 Å². The molecule has 2 aromatic heterocycles. The Bertz CT molecular complexity index is 1500. The number of nitrogens with one attached hydrogen (secondary N) is 1. The molecular weight excluding hydrogens is 458 g/mol. The number of thiophene rings is 1. The first-order chi connectivity index (χ1) is 17.0. The van der Waals surface area contributed by atoms with E-state index in [1.807, 2.05) is 25.1 Å². The van der Waals surface area contributed by atoms with E-state index < -0.39 is 0 Å². The zero-order chi connectivity index (χ0) is 24.5. The molecule has 1 aliphatic rings. The number of hydrogen-bond donors (Lipinski definition) is 2. The Morgan fingerprint density at radius 2 is 1.94 bits per heavy atom. The topological polar surface area (TPSA) is 83.7 Å². The van der Waals surface area contributed by atoms with Crippen molar-refractivity contribution in [2.75, 3.05) is 0 Å². The summed E-state index contributed by atoms with van der Waals surface area (Å²) in [5.41, 5.74) is 5.51. The maximum atomic E-state index is 13.2. The van der Waals surface area contributed by atoms with Crippen LogP contribution < -0.4 is 11.0 Å². The number of nitrogens with zero attached hydrogens (tertiary/aromatic N) is 2. The van der Waals surface area contributed by atoms with Crippen LogP contribution in [0.4, 0.5) is 0 Å². The van der Waals surface area contributed by atoms with Gasteiger partial charge in [0.25, 0.3) is 11.5 Å². The van der Waals surface area contributed by atoms with Gasteiger partial charge in [-0.3, -0.25) is 9.59 Å². The number of pyridine rings is 1. The number of rotatable bonds is 5. The molecule has 0 aliphatic heterocycles. The minimum atomic E-state index is -0.322. The molecule has 1 unspecified atom stereocenters. The minimum Gasteiger partial charge on any atom is -0.494 e. The Kier molecular flexibility index (Phi) is 6.26. The smallest absolute Gasteiger partial charge is 0.281 e. The fourth-order valence-electron chi connectivity index (χ4n) is 4.69. The monoisotopic (exact) mass is 485 g/mol. The van der Waals surface area contributed by atoms with Crippen LogP contribution >= 0.6 is 11.3 Å². The third kappa shape index (κ3) is 4.39. The molecule has 1 atom stereocenters. The van der Waals surface area contributed by atoms with E-state index in [0.717, 1.165) is 24.8 Å². The van der Waals surface area contributed by atoms with Gasteiger partial charge in [-0.1, -0.05) is 49.2 Å². The second-order valence-electron chi connectivity index (χ2n) is 9.03. The number of hydrazone groups is 1. The van der Waals surface area contributed by atoms with Gasteiger partial charge in [0.1, 0.15) is 0 Å². The number of aryl methyl sites for hydroxylation is 2. The van der Waals surface area contributed by atoms with Crippen molar-refractivity contribution in [1.82, 2.24) is 9.99 Å². The van der Waals surface area contributed by atoms with Crippen LogP contribution in [-0.4, -0.2) is 21.8 Å². The summed E-state index contributed by atoms with van der Waals surface area (Å²) >= 11 is 1.53. The Hall–Kier alpha value is -3.71. The average molecular weight is 486 g/mol. The number of carbonyl (C=O) groups is 1. The first-order valence-corrected chi connectivity index (χ1v) is 12.7. The van der Waals surface area contributed by atoms with Crippen LogP contribution in [0.3, 0.4) is 0 Å². The lowest BCUT2D eigenvalue weighted by Crippen LogP contribution is -2.21. The summed E-state index contributed by atoms with van der Waals surface area (Å²) in [7, 11) is 0. The van der Waals surface area contributed by atoms with Crippen molar-refractivity contribution in [3.8, 4) is 11.6 Å². The first-order valence-electron chi connectivity index (χ1n) is 11.8. The van der Waals surface area contributed by atoms with Crippen molar-refractivity contribution < 1.29 is 9.90 Å². The van der Waals surface area contributed by atoms with Crippen LogP contribution in [0, 0.1) is 12.8 Å². The van der Waals surface area contributed by atoms with Gasteiger partial charge in [0.05, 0.1) is 22.3 Å². The summed E-state index contributed by atoms with van der Waals surface area (Å²) in [6, 6.07) is 16.4. The van der Waals surface area contributed by atoms with Gasteiger partial charge >= 0.3 is 0 Å². The predicted octanol–water partition coefficient (Wildman–Crippen LogP) is 5.35. The zero-order valence-corrected chi connectivity index (χ0v) is 20.6. The zero-order valence-electron chi connectivity index (χ0n) is 19.7. The molecule has 0 radical (unpaired) electrons. The van der Waals surface area contributed by atoms with Crippen LogP contribution in [0.5, 0.6) is 5.88 Å². The van der Waals surface area contributed by atoms with Gasteiger partial charge in [-0.05, 0) is 61.9 Å². The second-order valence-corrected chi connectivity index (χ2v) is 10.2. The van der Waals surface area contributed by atoms with Crippen LogP contribution in [0.2, 0.25) is 0 Å². The highest BCUT2D eigenvalue weighted by Gasteiger charge is 2.22. The molecule has 6 nitrogen and oxygen atoms in total. The molecule has 0 bridgehead atoms. The Morgan fingerprint density at radius 1 is 1.20 bits per heavy atom. The van der Waals surface area contributed by atoms with E-state index >= 15 is 0 Å². The Morgan fingerprint density at radius 3 is 2.69 bits per heavy atom. The minimum absolute atomic E-state index is 0.229. The maximum Gasteiger partial charge on any atom is 0.281 e. The summed E-state index contributed by atoms with van der Waals surface area (Å²) in [6.07, 6.45) is 5.78. The Balaban J connectivity index is 1.47. The third-order valence-corrected chi connectivity index (χ3v) is 7.98. The van der Waals surface area contributed by atoms with Gasteiger partial charge < -0.3 is 5.11 Å².